The highest BCUT2D eigenvalue weighted by Gasteiger charge is 2.12. The molecule has 0 N–H and O–H groups in total. The highest BCUT2D eigenvalue weighted by Crippen LogP contribution is 2.00. The summed E-state index contributed by atoms with van der Waals surface area (Å²) in [6.45, 7) is 7.93. The lowest BCUT2D eigenvalue weighted by molar-refractivity contribution is 0.627. The van der Waals surface area contributed by atoms with Gasteiger partial charge in [-0.15, -0.1) is 6.58 Å². The molecule has 0 unspecified atom stereocenters. The molecule has 0 radical (unpaired) electrons. The second kappa shape index (κ2) is 6.26. The van der Waals surface area contributed by atoms with Gasteiger partial charge in [0.15, 0.2) is 8.32 Å². The Bertz CT molecular complexity index is 71.5. The van der Waals surface area contributed by atoms with E-state index in [2.05, 4.69) is 19.7 Å². The van der Waals surface area contributed by atoms with E-state index in [0.29, 0.717) is 0 Å². The average molecular weight is 164 g/mol. The standard InChI is InChI=1S/C4H12OSi2.2CH4/c1-4-7(2,3)5-6;;/h4H,1H2,2-3,6H3;2*1H4. The summed E-state index contributed by atoms with van der Waals surface area (Å²) in [6.07, 6.45) is 0. The predicted octanol–water partition coefficient (Wildman–Crippen LogP) is 1.49. The third-order valence-corrected chi connectivity index (χ3v) is 6.21. The maximum Gasteiger partial charge on any atom is 0.197 e. The number of hydrogen-bond acceptors (Lipinski definition) is 1. The van der Waals surface area contributed by atoms with Crippen molar-refractivity contribution in [2.24, 2.45) is 0 Å². The lowest BCUT2D eigenvalue weighted by Crippen LogP contribution is -2.25. The van der Waals surface area contributed by atoms with Crippen molar-refractivity contribution in [1.29, 1.82) is 0 Å². The Morgan fingerprint density at radius 1 is 1.44 bits per heavy atom. The molecular weight excluding hydrogens is 144 g/mol. The smallest absolute Gasteiger partial charge is 0.197 e. The molecule has 0 amide bonds. The molecule has 0 saturated heterocycles. The van der Waals surface area contributed by atoms with E-state index in [-0.39, 0.29) is 14.9 Å². The first-order valence-corrected chi connectivity index (χ1v) is 6.11. The van der Waals surface area contributed by atoms with E-state index >= 15 is 0 Å². The first-order chi connectivity index (χ1) is 3.12. The molecule has 0 aliphatic heterocycles. The monoisotopic (exact) mass is 164 g/mol. The molecule has 0 aliphatic carbocycles. The van der Waals surface area contributed by atoms with Crippen LogP contribution in [0.15, 0.2) is 12.3 Å². The SMILES string of the molecule is C.C.C=C[Si](C)(C)O[SiH3]. The highest BCUT2D eigenvalue weighted by atomic mass is 28.4. The average Bonchev–Trinajstić information content (AvgIpc) is 1.68. The second-order valence-electron chi connectivity index (χ2n) is 2.01. The van der Waals surface area contributed by atoms with Crippen LogP contribution in [0.5, 0.6) is 0 Å². The molecule has 0 atom stereocenters. The van der Waals surface area contributed by atoms with E-state index in [9.17, 15) is 0 Å². The summed E-state index contributed by atoms with van der Waals surface area (Å²) < 4.78 is 5.25. The lowest BCUT2D eigenvalue weighted by atomic mass is 11.3. The Hall–Kier alpha value is 0.134. The second-order valence-corrected chi connectivity index (χ2v) is 7.26. The summed E-state index contributed by atoms with van der Waals surface area (Å²) in [6, 6.07) is 0. The molecule has 0 aromatic carbocycles. The van der Waals surface area contributed by atoms with Crippen LogP contribution < -0.4 is 0 Å². The van der Waals surface area contributed by atoms with Gasteiger partial charge in [-0.2, -0.15) is 0 Å². The van der Waals surface area contributed by atoms with Crippen molar-refractivity contribution in [3.8, 4) is 0 Å². The predicted molar refractivity (Wildman–Crippen MR) is 52.2 cm³/mol. The molecule has 0 rings (SSSR count). The minimum atomic E-state index is -1.33. The van der Waals surface area contributed by atoms with Crippen LogP contribution in [-0.2, 0) is 4.12 Å². The fourth-order valence-electron chi connectivity index (χ4n) is 0.0833. The number of hydrogen-bond donors (Lipinski definition) is 0. The highest BCUT2D eigenvalue weighted by molar-refractivity contribution is 6.78. The fourth-order valence-corrected chi connectivity index (χ4v) is 0.750. The van der Waals surface area contributed by atoms with Gasteiger partial charge in [-0.3, -0.25) is 0 Å². The molecule has 1 nitrogen and oxygen atoms in total. The van der Waals surface area contributed by atoms with Gasteiger partial charge in [-0.05, 0) is 13.1 Å². The zero-order chi connectivity index (χ0) is 5.91. The zero-order valence-corrected chi connectivity index (χ0v) is 8.19. The van der Waals surface area contributed by atoms with Crippen molar-refractivity contribution in [3.63, 3.8) is 0 Å². The molecule has 58 valence electrons. The van der Waals surface area contributed by atoms with Crippen LogP contribution in [0.2, 0.25) is 13.1 Å². The third kappa shape index (κ3) is 8.13. The lowest BCUT2D eigenvalue weighted by Gasteiger charge is -2.13. The Kier molecular flexibility index (Phi) is 11.2. The molecule has 0 aliphatic rings. The normalized spacial score (nSPS) is 9.11. The minimum Gasteiger partial charge on any atom is -0.461 e. The van der Waals surface area contributed by atoms with Gasteiger partial charge in [-0.25, -0.2) is 0 Å². The van der Waals surface area contributed by atoms with Gasteiger partial charge in [0, 0.05) is 0 Å². The van der Waals surface area contributed by atoms with Crippen molar-refractivity contribution in [2.75, 3.05) is 0 Å². The van der Waals surface area contributed by atoms with Crippen LogP contribution in [0.1, 0.15) is 14.9 Å². The third-order valence-electron chi connectivity index (χ3n) is 1.02. The van der Waals surface area contributed by atoms with Gasteiger partial charge < -0.3 is 4.12 Å². The van der Waals surface area contributed by atoms with E-state index in [4.69, 9.17) is 4.12 Å². The van der Waals surface area contributed by atoms with Crippen molar-refractivity contribution in [1.82, 2.24) is 0 Å². The van der Waals surface area contributed by atoms with E-state index in [1.807, 2.05) is 5.70 Å². The van der Waals surface area contributed by atoms with Crippen molar-refractivity contribution < 1.29 is 4.12 Å². The van der Waals surface area contributed by atoms with Gasteiger partial charge in [0.1, 0.15) is 10.5 Å². The quantitative estimate of drug-likeness (QED) is 0.562. The van der Waals surface area contributed by atoms with Crippen molar-refractivity contribution >= 4 is 18.8 Å². The summed E-state index contributed by atoms with van der Waals surface area (Å²) >= 11 is 0. The van der Waals surface area contributed by atoms with Crippen LogP contribution in [-0.4, -0.2) is 18.8 Å². The van der Waals surface area contributed by atoms with E-state index in [1.165, 1.54) is 0 Å². The zero-order valence-electron chi connectivity index (χ0n) is 5.19. The van der Waals surface area contributed by atoms with Crippen LogP contribution >= 0.6 is 0 Å². The summed E-state index contributed by atoms with van der Waals surface area (Å²) in [7, 11) is -0.478. The number of rotatable bonds is 2. The van der Waals surface area contributed by atoms with Crippen molar-refractivity contribution in [3.05, 3.63) is 12.3 Å². The molecule has 0 aromatic rings. The molecule has 0 spiro atoms. The Balaban J connectivity index is -0.000000180. The first kappa shape index (κ1) is 16.1. The molecule has 9 heavy (non-hydrogen) atoms. The molecule has 0 aromatic heterocycles. The fraction of sp³-hybridized carbons (Fsp3) is 0.667. The van der Waals surface area contributed by atoms with Crippen LogP contribution in [0.25, 0.3) is 0 Å². The molecule has 0 bridgehead atoms. The van der Waals surface area contributed by atoms with Crippen LogP contribution in [0, 0.1) is 0 Å². The summed E-state index contributed by atoms with van der Waals surface area (Å²) in [5, 5.41) is 0. The molecule has 0 fully saturated rings. The maximum absolute atomic E-state index is 5.25. The van der Waals surface area contributed by atoms with Gasteiger partial charge in [-0.1, -0.05) is 20.6 Å². The van der Waals surface area contributed by atoms with Gasteiger partial charge in [0.05, 0.1) is 0 Å². The molecule has 0 heterocycles. The van der Waals surface area contributed by atoms with E-state index in [0.717, 1.165) is 10.5 Å². The summed E-state index contributed by atoms with van der Waals surface area (Å²) in [4.78, 5) is 0. The maximum atomic E-state index is 5.25. The van der Waals surface area contributed by atoms with Crippen LogP contribution in [0.3, 0.4) is 0 Å². The van der Waals surface area contributed by atoms with Gasteiger partial charge in [0.25, 0.3) is 0 Å². The topological polar surface area (TPSA) is 9.23 Å². The molecular formula is C6H20OSi2. The Labute approximate surface area is 63.8 Å². The molecule has 0 saturated carbocycles. The van der Waals surface area contributed by atoms with Gasteiger partial charge >= 0.3 is 0 Å². The van der Waals surface area contributed by atoms with E-state index < -0.39 is 8.32 Å². The largest absolute Gasteiger partial charge is 0.461 e. The van der Waals surface area contributed by atoms with Crippen molar-refractivity contribution in [2.45, 2.75) is 27.9 Å². The minimum absolute atomic E-state index is 0. The first-order valence-electron chi connectivity index (χ1n) is 2.31. The summed E-state index contributed by atoms with van der Waals surface area (Å²) in [5.41, 5.74) is 1.94. The summed E-state index contributed by atoms with van der Waals surface area (Å²) in [5.74, 6) is 0. The van der Waals surface area contributed by atoms with Crippen LogP contribution in [0.4, 0.5) is 0 Å². The van der Waals surface area contributed by atoms with Gasteiger partial charge in [0.2, 0.25) is 0 Å². The Morgan fingerprint density at radius 2 is 1.78 bits per heavy atom. The van der Waals surface area contributed by atoms with E-state index in [1.54, 1.807) is 0 Å². The molecule has 3 heteroatoms. The Morgan fingerprint density at radius 3 is 1.78 bits per heavy atom.